The minimum atomic E-state index is -0.336. The summed E-state index contributed by atoms with van der Waals surface area (Å²) in [5, 5.41) is 9.42. The van der Waals surface area contributed by atoms with Crippen molar-refractivity contribution >= 4 is 11.6 Å². The molecule has 1 heterocycles. The SMILES string of the molecule is CC1=NC(=O)c2c(O)cccc2C1. The molecule has 0 saturated carbocycles. The molecule has 2 rings (SSSR count). The van der Waals surface area contributed by atoms with Crippen LogP contribution in [-0.2, 0) is 6.42 Å². The molecular formula is C10H9NO2. The Morgan fingerprint density at radius 1 is 1.46 bits per heavy atom. The number of aliphatic imine (C=N–C) groups is 1. The van der Waals surface area contributed by atoms with Gasteiger partial charge in [-0.15, -0.1) is 0 Å². The second kappa shape index (κ2) is 2.69. The van der Waals surface area contributed by atoms with Gasteiger partial charge >= 0.3 is 0 Å². The third-order valence-electron chi connectivity index (χ3n) is 2.08. The highest BCUT2D eigenvalue weighted by molar-refractivity contribution is 6.09. The van der Waals surface area contributed by atoms with Gasteiger partial charge in [0.25, 0.3) is 5.91 Å². The highest BCUT2D eigenvalue weighted by Gasteiger charge is 2.20. The lowest BCUT2D eigenvalue weighted by Gasteiger charge is -2.12. The Kier molecular flexibility index (Phi) is 1.65. The first kappa shape index (κ1) is 7.98. The van der Waals surface area contributed by atoms with Crippen molar-refractivity contribution in [1.82, 2.24) is 0 Å². The summed E-state index contributed by atoms with van der Waals surface area (Å²) in [5.74, 6) is -0.310. The molecule has 0 bridgehead atoms. The van der Waals surface area contributed by atoms with E-state index in [0.717, 1.165) is 11.3 Å². The van der Waals surface area contributed by atoms with E-state index in [1.165, 1.54) is 6.07 Å². The van der Waals surface area contributed by atoms with Gasteiger partial charge in [0.05, 0.1) is 5.56 Å². The average molecular weight is 175 g/mol. The molecule has 0 spiro atoms. The molecule has 1 aliphatic heterocycles. The van der Waals surface area contributed by atoms with Gasteiger partial charge in [-0.25, -0.2) is 4.99 Å². The fourth-order valence-electron chi connectivity index (χ4n) is 1.53. The normalized spacial score (nSPS) is 15.2. The second-order valence-electron chi connectivity index (χ2n) is 3.14. The zero-order valence-corrected chi connectivity index (χ0v) is 7.24. The van der Waals surface area contributed by atoms with E-state index in [4.69, 9.17) is 0 Å². The predicted octanol–water partition coefficient (Wildman–Crippen LogP) is 1.55. The summed E-state index contributed by atoms with van der Waals surface area (Å²) in [6, 6.07) is 5.08. The van der Waals surface area contributed by atoms with Crippen LogP contribution in [0.5, 0.6) is 5.75 Å². The van der Waals surface area contributed by atoms with Crippen LogP contribution in [0.3, 0.4) is 0 Å². The smallest absolute Gasteiger partial charge is 0.280 e. The number of phenols is 1. The van der Waals surface area contributed by atoms with Crippen molar-refractivity contribution in [2.45, 2.75) is 13.3 Å². The van der Waals surface area contributed by atoms with E-state index in [-0.39, 0.29) is 11.7 Å². The molecule has 0 radical (unpaired) electrons. The lowest BCUT2D eigenvalue weighted by Crippen LogP contribution is -2.13. The number of carbonyl (C=O) groups excluding carboxylic acids is 1. The molecule has 66 valence electrons. The van der Waals surface area contributed by atoms with E-state index in [1.807, 2.05) is 13.0 Å². The fraction of sp³-hybridized carbons (Fsp3) is 0.200. The zero-order valence-electron chi connectivity index (χ0n) is 7.24. The van der Waals surface area contributed by atoms with Gasteiger partial charge in [-0.1, -0.05) is 12.1 Å². The lowest BCUT2D eigenvalue weighted by atomic mass is 9.98. The summed E-state index contributed by atoms with van der Waals surface area (Å²) < 4.78 is 0. The van der Waals surface area contributed by atoms with Crippen LogP contribution in [0, 0.1) is 0 Å². The molecule has 0 aliphatic carbocycles. The predicted molar refractivity (Wildman–Crippen MR) is 49.3 cm³/mol. The quantitative estimate of drug-likeness (QED) is 0.650. The molecule has 13 heavy (non-hydrogen) atoms. The number of fused-ring (bicyclic) bond motifs is 1. The maximum Gasteiger partial charge on any atom is 0.280 e. The van der Waals surface area contributed by atoms with Gasteiger partial charge in [0.2, 0.25) is 0 Å². The van der Waals surface area contributed by atoms with Crippen LogP contribution in [0.15, 0.2) is 23.2 Å². The molecule has 0 atom stereocenters. The van der Waals surface area contributed by atoms with Gasteiger partial charge in [0.15, 0.2) is 0 Å². The van der Waals surface area contributed by atoms with E-state index in [2.05, 4.69) is 4.99 Å². The molecule has 0 fully saturated rings. The van der Waals surface area contributed by atoms with Crippen molar-refractivity contribution in [3.8, 4) is 5.75 Å². The number of aromatic hydroxyl groups is 1. The van der Waals surface area contributed by atoms with Gasteiger partial charge in [0, 0.05) is 12.1 Å². The molecular weight excluding hydrogens is 166 g/mol. The van der Waals surface area contributed by atoms with E-state index in [9.17, 15) is 9.90 Å². The van der Waals surface area contributed by atoms with Gasteiger partial charge in [-0.2, -0.15) is 0 Å². The Morgan fingerprint density at radius 2 is 2.23 bits per heavy atom. The van der Waals surface area contributed by atoms with E-state index in [0.29, 0.717) is 12.0 Å². The summed E-state index contributed by atoms with van der Waals surface area (Å²) in [5.41, 5.74) is 2.01. The standard InChI is InChI=1S/C10H9NO2/c1-6-5-7-3-2-4-8(12)9(7)10(13)11-6/h2-4,12H,5H2,1H3. The second-order valence-corrected chi connectivity index (χ2v) is 3.14. The number of phenolic OH excluding ortho intramolecular Hbond substituents is 1. The molecule has 1 aromatic rings. The number of benzene rings is 1. The molecule has 0 saturated heterocycles. The number of carbonyl (C=O) groups is 1. The first-order valence-electron chi connectivity index (χ1n) is 4.08. The van der Waals surface area contributed by atoms with Crippen molar-refractivity contribution in [3.63, 3.8) is 0 Å². The first-order chi connectivity index (χ1) is 6.18. The molecule has 1 N–H and O–H groups in total. The van der Waals surface area contributed by atoms with Crippen LogP contribution in [0.25, 0.3) is 0 Å². The summed E-state index contributed by atoms with van der Waals surface area (Å²) in [6.45, 7) is 1.81. The summed E-state index contributed by atoms with van der Waals surface area (Å²) in [6.07, 6.45) is 0.648. The van der Waals surface area contributed by atoms with Gasteiger partial charge < -0.3 is 5.11 Å². The lowest BCUT2D eigenvalue weighted by molar-refractivity contribution is 0.0997. The minimum absolute atomic E-state index is 0.0266. The number of amides is 1. The van der Waals surface area contributed by atoms with Crippen LogP contribution in [0.1, 0.15) is 22.8 Å². The highest BCUT2D eigenvalue weighted by Crippen LogP contribution is 2.25. The third-order valence-corrected chi connectivity index (χ3v) is 2.08. The average Bonchev–Trinajstić information content (AvgIpc) is 2.02. The Labute approximate surface area is 75.7 Å². The number of hydrogen-bond donors (Lipinski definition) is 1. The fourth-order valence-corrected chi connectivity index (χ4v) is 1.53. The van der Waals surface area contributed by atoms with Crippen LogP contribution in [-0.4, -0.2) is 16.7 Å². The van der Waals surface area contributed by atoms with E-state index < -0.39 is 0 Å². The van der Waals surface area contributed by atoms with E-state index >= 15 is 0 Å². The van der Waals surface area contributed by atoms with E-state index in [1.54, 1.807) is 6.07 Å². The topological polar surface area (TPSA) is 49.7 Å². The van der Waals surface area contributed by atoms with Crippen LogP contribution >= 0.6 is 0 Å². The molecule has 0 unspecified atom stereocenters. The number of nitrogens with zero attached hydrogens (tertiary/aromatic N) is 1. The van der Waals surface area contributed by atoms with Gasteiger partial charge in [-0.3, -0.25) is 4.79 Å². The zero-order chi connectivity index (χ0) is 9.42. The van der Waals surface area contributed by atoms with Crippen LogP contribution in [0.2, 0.25) is 0 Å². The van der Waals surface area contributed by atoms with Crippen molar-refractivity contribution in [3.05, 3.63) is 29.3 Å². The maximum atomic E-state index is 11.4. The summed E-state index contributed by atoms with van der Waals surface area (Å²) in [7, 11) is 0. The maximum absolute atomic E-state index is 11.4. The van der Waals surface area contributed by atoms with Crippen molar-refractivity contribution in [2.24, 2.45) is 4.99 Å². The molecule has 1 aliphatic rings. The van der Waals surface area contributed by atoms with Gasteiger partial charge in [0.1, 0.15) is 5.75 Å². The van der Waals surface area contributed by atoms with Crippen LogP contribution in [0.4, 0.5) is 0 Å². The minimum Gasteiger partial charge on any atom is -0.507 e. The Morgan fingerprint density at radius 3 is 3.00 bits per heavy atom. The Bertz CT molecular complexity index is 407. The molecule has 0 aromatic heterocycles. The monoisotopic (exact) mass is 175 g/mol. The van der Waals surface area contributed by atoms with Crippen molar-refractivity contribution < 1.29 is 9.90 Å². The largest absolute Gasteiger partial charge is 0.507 e. The number of hydrogen-bond acceptors (Lipinski definition) is 2. The molecule has 1 aromatic carbocycles. The Hall–Kier alpha value is -1.64. The van der Waals surface area contributed by atoms with Crippen molar-refractivity contribution in [2.75, 3.05) is 0 Å². The molecule has 3 heteroatoms. The summed E-state index contributed by atoms with van der Waals surface area (Å²) in [4.78, 5) is 15.2. The van der Waals surface area contributed by atoms with Crippen LogP contribution < -0.4 is 0 Å². The highest BCUT2D eigenvalue weighted by atomic mass is 16.3. The van der Waals surface area contributed by atoms with Gasteiger partial charge in [-0.05, 0) is 18.6 Å². The number of rotatable bonds is 0. The van der Waals surface area contributed by atoms with Crippen molar-refractivity contribution in [1.29, 1.82) is 0 Å². The Balaban J connectivity index is 2.63. The molecule has 1 amide bonds. The third kappa shape index (κ3) is 1.22. The molecule has 3 nitrogen and oxygen atoms in total. The first-order valence-corrected chi connectivity index (χ1v) is 4.08. The summed E-state index contributed by atoms with van der Waals surface area (Å²) >= 11 is 0.